The van der Waals surface area contributed by atoms with Gasteiger partial charge in [0.15, 0.2) is 0 Å². The maximum absolute atomic E-state index is 11.6. The van der Waals surface area contributed by atoms with Gasteiger partial charge in [0, 0.05) is 30.7 Å². The van der Waals surface area contributed by atoms with E-state index in [-0.39, 0.29) is 5.97 Å². The van der Waals surface area contributed by atoms with Crippen LogP contribution in [0, 0.1) is 12.8 Å². The van der Waals surface area contributed by atoms with E-state index in [4.69, 9.17) is 4.74 Å². The van der Waals surface area contributed by atoms with Crippen molar-refractivity contribution in [2.75, 3.05) is 19.6 Å². The third kappa shape index (κ3) is 2.38. The van der Waals surface area contributed by atoms with Crippen molar-refractivity contribution >= 4 is 5.97 Å². The standard InChI is InChI=1S/C18H24N2O3/c1-10-5-12-6-19-7-16(12)20(10)8-17(21)13-3-4-14-15(11(13)2)9-23-18(14)22/h3-4,10,12,16-17,19,21H,5-9H2,1-2H3/t10?,12?,16?,17-/m0/s1. The molecule has 2 N–H and O–H groups in total. The summed E-state index contributed by atoms with van der Waals surface area (Å²) >= 11 is 0. The summed E-state index contributed by atoms with van der Waals surface area (Å²) in [4.78, 5) is 14.1. The molecule has 124 valence electrons. The zero-order valence-electron chi connectivity index (χ0n) is 13.7. The Morgan fingerprint density at radius 3 is 3.09 bits per heavy atom. The minimum atomic E-state index is -0.530. The minimum Gasteiger partial charge on any atom is -0.457 e. The van der Waals surface area contributed by atoms with E-state index in [1.54, 1.807) is 6.07 Å². The van der Waals surface area contributed by atoms with Gasteiger partial charge in [-0.15, -0.1) is 0 Å². The molecule has 3 unspecified atom stereocenters. The summed E-state index contributed by atoms with van der Waals surface area (Å²) in [5.41, 5.74) is 3.49. The molecule has 3 heterocycles. The quantitative estimate of drug-likeness (QED) is 0.825. The van der Waals surface area contributed by atoms with Gasteiger partial charge in [-0.3, -0.25) is 4.90 Å². The van der Waals surface area contributed by atoms with Crippen molar-refractivity contribution in [1.82, 2.24) is 10.2 Å². The van der Waals surface area contributed by atoms with Crippen molar-refractivity contribution in [3.8, 4) is 0 Å². The highest BCUT2D eigenvalue weighted by Crippen LogP contribution is 2.35. The lowest BCUT2D eigenvalue weighted by molar-refractivity contribution is 0.0535. The first-order chi connectivity index (χ1) is 11.1. The maximum atomic E-state index is 11.6. The van der Waals surface area contributed by atoms with Crippen molar-refractivity contribution < 1.29 is 14.6 Å². The highest BCUT2D eigenvalue weighted by Gasteiger charge is 2.42. The highest BCUT2D eigenvalue weighted by molar-refractivity contribution is 5.93. The number of carbonyl (C=O) groups is 1. The molecule has 0 aromatic heterocycles. The third-order valence-corrected chi connectivity index (χ3v) is 5.89. The van der Waals surface area contributed by atoms with Gasteiger partial charge in [-0.1, -0.05) is 6.07 Å². The lowest BCUT2D eigenvalue weighted by Gasteiger charge is -2.30. The van der Waals surface area contributed by atoms with Gasteiger partial charge in [-0.2, -0.15) is 0 Å². The van der Waals surface area contributed by atoms with Crippen LogP contribution in [0.2, 0.25) is 0 Å². The average Bonchev–Trinajstić information content (AvgIpc) is 3.18. The summed E-state index contributed by atoms with van der Waals surface area (Å²) < 4.78 is 5.11. The van der Waals surface area contributed by atoms with Crippen molar-refractivity contribution in [3.05, 3.63) is 34.4 Å². The molecule has 4 atom stereocenters. The first kappa shape index (κ1) is 15.1. The molecule has 0 saturated carbocycles. The van der Waals surface area contributed by atoms with Gasteiger partial charge >= 0.3 is 5.97 Å². The summed E-state index contributed by atoms with van der Waals surface area (Å²) in [5.74, 6) is 0.460. The second kappa shape index (κ2) is 5.58. The number of β-amino-alcohol motifs (C(OH)–C–C–N with tert-alkyl or cyclic N) is 1. The van der Waals surface area contributed by atoms with Crippen LogP contribution < -0.4 is 5.32 Å². The summed E-state index contributed by atoms with van der Waals surface area (Å²) in [6.07, 6.45) is 0.674. The molecule has 0 bridgehead atoms. The number of nitrogens with one attached hydrogen (secondary N) is 1. The molecule has 0 radical (unpaired) electrons. The van der Waals surface area contributed by atoms with Crippen LogP contribution in [0.5, 0.6) is 0 Å². The number of aliphatic hydroxyl groups excluding tert-OH is 1. The monoisotopic (exact) mass is 316 g/mol. The molecule has 3 aliphatic heterocycles. The van der Waals surface area contributed by atoms with Crippen molar-refractivity contribution in [2.24, 2.45) is 5.92 Å². The first-order valence-electron chi connectivity index (χ1n) is 8.50. The number of nitrogens with zero attached hydrogens (tertiary/aromatic N) is 1. The fourth-order valence-electron chi connectivity index (χ4n) is 4.59. The summed E-state index contributed by atoms with van der Waals surface area (Å²) in [6, 6.07) is 4.74. The van der Waals surface area contributed by atoms with E-state index in [0.29, 0.717) is 36.7 Å². The van der Waals surface area contributed by atoms with Crippen LogP contribution in [0.1, 0.15) is 46.5 Å². The largest absolute Gasteiger partial charge is 0.457 e. The topological polar surface area (TPSA) is 61.8 Å². The normalized spacial score (nSPS) is 31.1. The Labute approximate surface area is 136 Å². The molecule has 5 nitrogen and oxygen atoms in total. The van der Waals surface area contributed by atoms with Crippen molar-refractivity contribution in [1.29, 1.82) is 0 Å². The van der Waals surface area contributed by atoms with E-state index in [1.807, 2.05) is 13.0 Å². The molecule has 1 aromatic carbocycles. The first-order valence-corrected chi connectivity index (χ1v) is 8.50. The van der Waals surface area contributed by atoms with E-state index in [1.165, 1.54) is 6.42 Å². The second-order valence-corrected chi connectivity index (χ2v) is 7.17. The number of fused-ring (bicyclic) bond motifs is 2. The van der Waals surface area contributed by atoms with Crippen molar-refractivity contribution in [3.63, 3.8) is 0 Å². The van der Waals surface area contributed by atoms with Crippen LogP contribution in [0.25, 0.3) is 0 Å². The number of hydrogen-bond acceptors (Lipinski definition) is 5. The van der Waals surface area contributed by atoms with Gasteiger partial charge in [0.2, 0.25) is 0 Å². The van der Waals surface area contributed by atoms with Crippen LogP contribution in [0.3, 0.4) is 0 Å². The van der Waals surface area contributed by atoms with E-state index in [0.717, 1.165) is 29.8 Å². The van der Waals surface area contributed by atoms with E-state index in [2.05, 4.69) is 17.1 Å². The molecule has 0 aliphatic carbocycles. The van der Waals surface area contributed by atoms with Crippen LogP contribution in [0.15, 0.2) is 12.1 Å². The Balaban J connectivity index is 1.56. The highest BCUT2D eigenvalue weighted by atomic mass is 16.5. The average molecular weight is 316 g/mol. The van der Waals surface area contributed by atoms with Crippen LogP contribution in [-0.2, 0) is 11.3 Å². The van der Waals surface area contributed by atoms with Crippen LogP contribution in [-0.4, -0.2) is 47.7 Å². The number of carbonyl (C=O) groups excluding carboxylic acids is 1. The van der Waals surface area contributed by atoms with Gasteiger partial charge < -0.3 is 15.2 Å². The Morgan fingerprint density at radius 1 is 1.43 bits per heavy atom. The fraction of sp³-hybridized carbons (Fsp3) is 0.611. The van der Waals surface area contributed by atoms with Gasteiger partial charge in [-0.25, -0.2) is 4.79 Å². The number of cyclic esters (lactones) is 1. The minimum absolute atomic E-state index is 0.253. The number of esters is 1. The smallest absolute Gasteiger partial charge is 0.338 e. The zero-order chi connectivity index (χ0) is 16.1. The number of rotatable bonds is 3. The number of benzene rings is 1. The van der Waals surface area contributed by atoms with Crippen LogP contribution >= 0.6 is 0 Å². The number of likely N-dealkylation sites (tertiary alicyclic amines) is 1. The summed E-state index contributed by atoms with van der Waals surface area (Å²) in [6.45, 7) is 7.33. The maximum Gasteiger partial charge on any atom is 0.338 e. The van der Waals surface area contributed by atoms with Crippen molar-refractivity contribution in [2.45, 2.75) is 45.1 Å². The molecule has 5 heteroatoms. The number of ether oxygens (including phenoxy) is 1. The zero-order valence-corrected chi connectivity index (χ0v) is 13.7. The number of hydrogen-bond donors (Lipinski definition) is 2. The Kier molecular flexibility index (Phi) is 3.67. The van der Waals surface area contributed by atoms with Gasteiger partial charge in [-0.05, 0) is 49.9 Å². The Bertz CT molecular complexity index is 645. The second-order valence-electron chi connectivity index (χ2n) is 7.17. The lowest BCUT2D eigenvalue weighted by atomic mass is 9.95. The molecule has 23 heavy (non-hydrogen) atoms. The molecule has 2 saturated heterocycles. The Hall–Kier alpha value is -1.43. The Morgan fingerprint density at radius 2 is 2.26 bits per heavy atom. The third-order valence-electron chi connectivity index (χ3n) is 5.89. The van der Waals surface area contributed by atoms with Crippen LogP contribution in [0.4, 0.5) is 0 Å². The van der Waals surface area contributed by atoms with E-state index in [9.17, 15) is 9.90 Å². The summed E-state index contributed by atoms with van der Waals surface area (Å²) in [5, 5.41) is 14.3. The van der Waals surface area contributed by atoms with Gasteiger partial charge in [0.25, 0.3) is 0 Å². The molecular weight excluding hydrogens is 292 g/mol. The fourth-order valence-corrected chi connectivity index (χ4v) is 4.59. The molecule has 4 rings (SSSR count). The predicted molar refractivity (Wildman–Crippen MR) is 86.2 cm³/mol. The molecule has 0 spiro atoms. The molecular formula is C18H24N2O3. The lowest BCUT2D eigenvalue weighted by Crippen LogP contribution is -2.40. The summed E-state index contributed by atoms with van der Waals surface area (Å²) in [7, 11) is 0. The molecule has 1 aromatic rings. The van der Waals surface area contributed by atoms with E-state index >= 15 is 0 Å². The molecule has 2 fully saturated rings. The van der Waals surface area contributed by atoms with Gasteiger partial charge in [0.05, 0.1) is 11.7 Å². The SMILES string of the molecule is Cc1c([C@@H](O)CN2C(C)CC3CNCC32)ccc2c1COC2=O. The van der Waals surface area contributed by atoms with E-state index < -0.39 is 6.10 Å². The molecule has 3 aliphatic rings. The van der Waals surface area contributed by atoms with Gasteiger partial charge in [0.1, 0.15) is 6.61 Å². The molecule has 0 amide bonds. The predicted octanol–water partition coefficient (Wildman–Crippen LogP) is 1.38. The number of aliphatic hydroxyl groups is 1.